The molecule has 0 bridgehead atoms. The molecular formula is C15H22N2S. The zero-order chi connectivity index (χ0) is 13.1. The van der Waals surface area contributed by atoms with E-state index >= 15 is 0 Å². The van der Waals surface area contributed by atoms with E-state index in [4.69, 9.17) is 4.99 Å². The summed E-state index contributed by atoms with van der Waals surface area (Å²) in [5.74, 6) is 1.14. The fraction of sp³-hybridized carbons (Fsp3) is 0.533. The third kappa shape index (κ3) is 2.56. The molecule has 1 unspecified atom stereocenters. The topological polar surface area (TPSA) is 15.6 Å². The van der Waals surface area contributed by atoms with Gasteiger partial charge in [0.25, 0.3) is 0 Å². The molecule has 1 atom stereocenters. The van der Waals surface area contributed by atoms with E-state index in [-0.39, 0.29) is 0 Å². The van der Waals surface area contributed by atoms with Crippen molar-refractivity contribution in [1.29, 1.82) is 0 Å². The molecule has 0 aromatic heterocycles. The Hall–Kier alpha value is -0.960. The summed E-state index contributed by atoms with van der Waals surface area (Å²) in [4.78, 5) is 7.22. The van der Waals surface area contributed by atoms with Crippen LogP contribution in [0.4, 0.5) is 5.69 Å². The number of amidine groups is 1. The zero-order valence-electron chi connectivity index (χ0n) is 11.7. The van der Waals surface area contributed by atoms with Crippen LogP contribution < -0.4 is 0 Å². The lowest BCUT2D eigenvalue weighted by Gasteiger charge is -2.17. The van der Waals surface area contributed by atoms with Crippen LogP contribution in [0.2, 0.25) is 0 Å². The normalized spacial score (nSPS) is 21.9. The number of hydrogen-bond donors (Lipinski definition) is 0. The van der Waals surface area contributed by atoms with Gasteiger partial charge in [-0.15, -0.1) is 0 Å². The van der Waals surface area contributed by atoms with Crippen molar-refractivity contribution < 1.29 is 0 Å². The van der Waals surface area contributed by atoms with Crippen molar-refractivity contribution in [2.75, 3.05) is 12.8 Å². The molecule has 98 valence electrons. The predicted molar refractivity (Wildman–Crippen MR) is 82.0 cm³/mol. The molecule has 1 aliphatic rings. The SMILES string of the molecule is CCc1cccc(CC)c1N=C1SCC(C)N1C. The Labute approximate surface area is 114 Å². The van der Waals surface area contributed by atoms with Gasteiger partial charge in [-0.3, -0.25) is 0 Å². The number of thioether (sulfide) groups is 1. The number of benzene rings is 1. The second-order valence-corrected chi connectivity index (χ2v) is 5.78. The average Bonchev–Trinajstić information content (AvgIpc) is 2.71. The predicted octanol–water partition coefficient (Wildman–Crippen LogP) is 3.87. The molecule has 2 rings (SSSR count). The third-order valence-electron chi connectivity index (χ3n) is 3.59. The molecule has 1 aliphatic heterocycles. The van der Waals surface area contributed by atoms with Gasteiger partial charge in [-0.05, 0) is 30.9 Å². The fourth-order valence-corrected chi connectivity index (χ4v) is 3.32. The van der Waals surface area contributed by atoms with Gasteiger partial charge >= 0.3 is 0 Å². The second-order valence-electron chi connectivity index (χ2n) is 4.80. The number of para-hydroxylation sites is 1. The van der Waals surface area contributed by atoms with Gasteiger partial charge in [0.05, 0.1) is 5.69 Å². The summed E-state index contributed by atoms with van der Waals surface area (Å²) in [6, 6.07) is 7.13. The number of nitrogens with zero attached hydrogens (tertiary/aromatic N) is 2. The van der Waals surface area contributed by atoms with E-state index in [1.807, 2.05) is 11.8 Å². The molecule has 1 fully saturated rings. The van der Waals surface area contributed by atoms with Gasteiger partial charge in [0.1, 0.15) is 0 Å². The lowest BCUT2D eigenvalue weighted by Crippen LogP contribution is -2.26. The minimum absolute atomic E-state index is 0.590. The molecule has 0 aliphatic carbocycles. The summed E-state index contributed by atoms with van der Waals surface area (Å²) in [7, 11) is 2.14. The summed E-state index contributed by atoms with van der Waals surface area (Å²) in [5, 5.41) is 1.16. The molecule has 1 aromatic carbocycles. The minimum Gasteiger partial charge on any atom is -0.351 e. The largest absolute Gasteiger partial charge is 0.351 e. The first-order chi connectivity index (χ1) is 8.67. The molecule has 1 aromatic rings. The maximum absolute atomic E-state index is 4.94. The van der Waals surface area contributed by atoms with Crippen LogP contribution in [-0.2, 0) is 12.8 Å². The number of aliphatic imine (C=N–C) groups is 1. The molecule has 0 amide bonds. The van der Waals surface area contributed by atoms with E-state index in [9.17, 15) is 0 Å². The molecule has 0 saturated carbocycles. The molecule has 0 radical (unpaired) electrons. The van der Waals surface area contributed by atoms with Crippen molar-refractivity contribution >= 4 is 22.6 Å². The Morgan fingerprint density at radius 1 is 1.28 bits per heavy atom. The summed E-state index contributed by atoms with van der Waals surface area (Å²) in [6.07, 6.45) is 2.09. The van der Waals surface area contributed by atoms with Crippen LogP contribution in [0.25, 0.3) is 0 Å². The van der Waals surface area contributed by atoms with E-state index in [1.165, 1.54) is 16.8 Å². The standard InChI is InChI=1S/C15H22N2S/c1-5-12-8-7-9-13(6-2)14(12)16-15-17(4)11(3)10-18-15/h7-9,11H,5-6,10H2,1-4H3. The Kier molecular flexibility index (Phi) is 4.33. The number of rotatable bonds is 3. The van der Waals surface area contributed by atoms with E-state index in [2.05, 4.69) is 50.9 Å². The molecule has 18 heavy (non-hydrogen) atoms. The highest BCUT2D eigenvalue weighted by molar-refractivity contribution is 8.14. The van der Waals surface area contributed by atoms with Crippen molar-refractivity contribution in [1.82, 2.24) is 4.90 Å². The van der Waals surface area contributed by atoms with Crippen LogP contribution in [-0.4, -0.2) is 28.9 Å². The van der Waals surface area contributed by atoms with Gasteiger partial charge in [0.15, 0.2) is 5.17 Å². The maximum atomic E-state index is 4.94. The van der Waals surface area contributed by atoms with Crippen LogP contribution in [0.1, 0.15) is 31.9 Å². The Balaban J connectivity index is 2.41. The van der Waals surface area contributed by atoms with E-state index in [0.717, 1.165) is 23.8 Å². The van der Waals surface area contributed by atoms with Gasteiger partial charge < -0.3 is 4.90 Å². The fourth-order valence-electron chi connectivity index (χ4n) is 2.16. The summed E-state index contributed by atoms with van der Waals surface area (Å²) >= 11 is 1.87. The highest BCUT2D eigenvalue weighted by Gasteiger charge is 2.23. The zero-order valence-corrected chi connectivity index (χ0v) is 12.5. The van der Waals surface area contributed by atoms with Gasteiger partial charge in [-0.25, -0.2) is 4.99 Å². The van der Waals surface area contributed by atoms with Crippen LogP contribution >= 0.6 is 11.8 Å². The average molecular weight is 262 g/mol. The molecule has 3 heteroatoms. The van der Waals surface area contributed by atoms with Gasteiger partial charge in [-0.2, -0.15) is 0 Å². The summed E-state index contributed by atoms with van der Waals surface area (Å²) in [5.41, 5.74) is 3.91. The van der Waals surface area contributed by atoms with Gasteiger partial charge in [0.2, 0.25) is 0 Å². The summed E-state index contributed by atoms with van der Waals surface area (Å²) < 4.78 is 0. The van der Waals surface area contributed by atoms with E-state index < -0.39 is 0 Å². The molecular weight excluding hydrogens is 240 g/mol. The van der Waals surface area contributed by atoms with Gasteiger partial charge in [-0.1, -0.05) is 43.8 Å². The third-order valence-corrected chi connectivity index (χ3v) is 4.88. The molecule has 1 heterocycles. The number of aryl methyl sites for hydroxylation is 2. The molecule has 1 saturated heterocycles. The lowest BCUT2D eigenvalue weighted by molar-refractivity contribution is 0.443. The second kappa shape index (κ2) is 5.79. The first-order valence-corrected chi connectivity index (χ1v) is 7.71. The summed E-state index contributed by atoms with van der Waals surface area (Å²) in [6.45, 7) is 6.65. The van der Waals surface area contributed by atoms with Crippen LogP contribution in [0, 0.1) is 0 Å². The van der Waals surface area contributed by atoms with Crippen LogP contribution in [0.5, 0.6) is 0 Å². The highest BCUT2D eigenvalue weighted by atomic mass is 32.2. The van der Waals surface area contributed by atoms with Crippen LogP contribution in [0.3, 0.4) is 0 Å². The van der Waals surface area contributed by atoms with Crippen molar-refractivity contribution in [2.24, 2.45) is 4.99 Å². The maximum Gasteiger partial charge on any atom is 0.164 e. The van der Waals surface area contributed by atoms with Crippen molar-refractivity contribution in [3.05, 3.63) is 29.3 Å². The quantitative estimate of drug-likeness (QED) is 0.822. The van der Waals surface area contributed by atoms with E-state index in [1.54, 1.807) is 0 Å². The Morgan fingerprint density at radius 2 is 1.89 bits per heavy atom. The minimum atomic E-state index is 0.590. The smallest absolute Gasteiger partial charge is 0.164 e. The van der Waals surface area contributed by atoms with Gasteiger partial charge in [0, 0.05) is 18.8 Å². The Bertz CT molecular complexity index is 432. The van der Waals surface area contributed by atoms with Crippen molar-refractivity contribution in [3.8, 4) is 0 Å². The number of hydrogen-bond acceptors (Lipinski definition) is 2. The molecule has 2 nitrogen and oxygen atoms in total. The monoisotopic (exact) mass is 262 g/mol. The first kappa shape index (κ1) is 13.5. The Morgan fingerprint density at radius 3 is 2.33 bits per heavy atom. The van der Waals surface area contributed by atoms with Crippen LogP contribution in [0.15, 0.2) is 23.2 Å². The van der Waals surface area contributed by atoms with Crippen molar-refractivity contribution in [2.45, 2.75) is 39.7 Å². The van der Waals surface area contributed by atoms with Crippen molar-refractivity contribution in [3.63, 3.8) is 0 Å². The molecule has 0 spiro atoms. The highest BCUT2D eigenvalue weighted by Crippen LogP contribution is 2.30. The lowest BCUT2D eigenvalue weighted by atomic mass is 10.0. The van der Waals surface area contributed by atoms with E-state index in [0.29, 0.717) is 6.04 Å². The molecule has 0 N–H and O–H groups in total. The first-order valence-electron chi connectivity index (χ1n) is 6.72.